The third-order valence-corrected chi connectivity index (χ3v) is 3.11. The second-order valence-electron chi connectivity index (χ2n) is 4.36. The Hall–Kier alpha value is -1.24. The van der Waals surface area contributed by atoms with E-state index in [0.717, 1.165) is 5.75 Å². The highest BCUT2D eigenvalue weighted by molar-refractivity contribution is 5.72. The molecule has 0 bridgehead atoms. The first-order valence-electron chi connectivity index (χ1n) is 5.56. The van der Waals surface area contributed by atoms with Crippen molar-refractivity contribution in [2.45, 2.75) is 33.1 Å². The lowest BCUT2D eigenvalue weighted by atomic mass is 9.85. The van der Waals surface area contributed by atoms with Crippen LogP contribution in [0.25, 0.3) is 5.57 Å². The number of fused-ring (bicyclic) bond motifs is 1. The first-order valence-corrected chi connectivity index (χ1v) is 5.56. The molecule has 1 aliphatic carbocycles. The van der Waals surface area contributed by atoms with Crippen LogP contribution < -0.4 is 4.74 Å². The summed E-state index contributed by atoms with van der Waals surface area (Å²) in [5, 5.41) is 0. The molecule has 80 valence electrons. The van der Waals surface area contributed by atoms with E-state index in [9.17, 15) is 0 Å². The van der Waals surface area contributed by atoms with Crippen molar-refractivity contribution in [3.05, 3.63) is 34.9 Å². The van der Waals surface area contributed by atoms with Crippen LogP contribution in [-0.2, 0) is 6.42 Å². The predicted molar refractivity (Wildman–Crippen MR) is 64.2 cm³/mol. The van der Waals surface area contributed by atoms with Crippen LogP contribution in [0, 0.1) is 0 Å². The van der Waals surface area contributed by atoms with E-state index >= 15 is 0 Å². The lowest BCUT2D eigenvalue weighted by Gasteiger charge is -2.21. The summed E-state index contributed by atoms with van der Waals surface area (Å²) < 4.78 is 5.26. The molecule has 1 aromatic carbocycles. The normalized spacial score (nSPS) is 14.7. The van der Waals surface area contributed by atoms with Crippen molar-refractivity contribution in [1.82, 2.24) is 0 Å². The Morgan fingerprint density at radius 1 is 1.20 bits per heavy atom. The molecule has 0 heterocycles. The summed E-state index contributed by atoms with van der Waals surface area (Å²) in [6.45, 7) is 4.41. The molecule has 1 aliphatic rings. The molecule has 0 atom stereocenters. The SMILES string of the molecule is COc1ccc2c(c1)CCCC2=C(C)C. The second-order valence-corrected chi connectivity index (χ2v) is 4.36. The van der Waals surface area contributed by atoms with Crippen molar-refractivity contribution in [1.29, 1.82) is 0 Å². The zero-order chi connectivity index (χ0) is 10.8. The number of hydrogen-bond acceptors (Lipinski definition) is 1. The molecule has 1 heteroatoms. The second kappa shape index (κ2) is 4.09. The molecule has 0 radical (unpaired) electrons. The Morgan fingerprint density at radius 3 is 2.67 bits per heavy atom. The van der Waals surface area contributed by atoms with Gasteiger partial charge in [0.15, 0.2) is 0 Å². The third-order valence-electron chi connectivity index (χ3n) is 3.11. The van der Waals surface area contributed by atoms with Gasteiger partial charge in [0.1, 0.15) is 5.75 Å². The summed E-state index contributed by atoms with van der Waals surface area (Å²) >= 11 is 0. The number of benzene rings is 1. The summed E-state index contributed by atoms with van der Waals surface area (Å²) in [6.07, 6.45) is 3.67. The van der Waals surface area contributed by atoms with Crippen LogP contribution in [0.1, 0.15) is 37.8 Å². The molecule has 0 aromatic heterocycles. The Kier molecular flexibility index (Phi) is 2.81. The van der Waals surface area contributed by atoms with Crippen molar-refractivity contribution in [3.63, 3.8) is 0 Å². The average Bonchev–Trinajstić information content (AvgIpc) is 2.27. The fraction of sp³-hybridized carbons (Fsp3) is 0.429. The highest BCUT2D eigenvalue weighted by Gasteiger charge is 2.15. The molecule has 0 unspecified atom stereocenters. The van der Waals surface area contributed by atoms with Gasteiger partial charge in [0.2, 0.25) is 0 Å². The standard InChI is InChI=1S/C14H18O/c1-10(2)13-6-4-5-11-9-12(15-3)7-8-14(11)13/h7-9H,4-6H2,1-3H3. The van der Waals surface area contributed by atoms with Gasteiger partial charge in [0, 0.05) is 0 Å². The molecule has 0 aliphatic heterocycles. The van der Waals surface area contributed by atoms with Crippen molar-refractivity contribution in [3.8, 4) is 5.75 Å². The fourth-order valence-corrected chi connectivity index (χ4v) is 2.31. The van der Waals surface area contributed by atoms with Crippen LogP contribution in [0.3, 0.4) is 0 Å². The molecule has 1 nitrogen and oxygen atoms in total. The molecule has 2 rings (SSSR count). The quantitative estimate of drug-likeness (QED) is 0.672. The highest BCUT2D eigenvalue weighted by atomic mass is 16.5. The van der Waals surface area contributed by atoms with Crippen molar-refractivity contribution < 1.29 is 4.74 Å². The summed E-state index contributed by atoms with van der Waals surface area (Å²) in [6, 6.07) is 6.44. The minimum atomic E-state index is 0.976. The smallest absolute Gasteiger partial charge is 0.119 e. The minimum Gasteiger partial charge on any atom is -0.497 e. The van der Waals surface area contributed by atoms with E-state index in [1.807, 2.05) is 0 Å². The summed E-state index contributed by atoms with van der Waals surface area (Å²) in [5.41, 5.74) is 5.85. The Bertz CT molecular complexity index is 398. The molecular weight excluding hydrogens is 184 g/mol. The minimum absolute atomic E-state index is 0.976. The molecule has 0 amide bonds. The van der Waals surface area contributed by atoms with Crippen molar-refractivity contribution >= 4 is 5.57 Å². The number of methoxy groups -OCH3 is 1. The van der Waals surface area contributed by atoms with Crippen LogP contribution >= 0.6 is 0 Å². The topological polar surface area (TPSA) is 9.23 Å². The van der Waals surface area contributed by atoms with Crippen LogP contribution in [0.4, 0.5) is 0 Å². The fourth-order valence-electron chi connectivity index (χ4n) is 2.31. The number of ether oxygens (including phenoxy) is 1. The molecule has 0 N–H and O–H groups in total. The number of hydrogen-bond donors (Lipinski definition) is 0. The van der Waals surface area contributed by atoms with Gasteiger partial charge < -0.3 is 4.74 Å². The Morgan fingerprint density at radius 2 is 2.00 bits per heavy atom. The van der Waals surface area contributed by atoms with Crippen molar-refractivity contribution in [2.75, 3.05) is 7.11 Å². The largest absolute Gasteiger partial charge is 0.497 e. The Balaban J connectivity index is 2.50. The van der Waals surface area contributed by atoms with Gasteiger partial charge in [-0.3, -0.25) is 0 Å². The summed E-state index contributed by atoms with van der Waals surface area (Å²) in [5.74, 6) is 0.976. The van der Waals surface area contributed by atoms with Gasteiger partial charge in [-0.15, -0.1) is 0 Å². The molecule has 0 saturated carbocycles. The molecule has 0 saturated heterocycles. The number of allylic oxidation sites excluding steroid dienone is 2. The van der Waals surface area contributed by atoms with Gasteiger partial charge in [-0.05, 0) is 61.9 Å². The first-order chi connectivity index (χ1) is 7.22. The van der Waals surface area contributed by atoms with E-state index < -0.39 is 0 Å². The van der Waals surface area contributed by atoms with Crippen LogP contribution in [0.5, 0.6) is 5.75 Å². The van der Waals surface area contributed by atoms with E-state index in [-0.39, 0.29) is 0 Å². The third kappa shape index (κ3) is 1.92. The van der Waals surface area contributed by atoms with Gasteiger partial charge in [0.05, 0.1) is 7.11 Å². The number of rotatable bonds is 1. The van der Waals surface area contributed by atoms with Crippen LogP contribution in [0.15, 0.2) is 23.8 Å². The molecule has 0 spiro atoms. The van der Waals surface area contributed by atoms with Gasteiger partial charge in [0.25, 0.3) is 0 Å². The summed E-state index contributed by atoms with van der Waals surface area (Å²) in [7, 11) is 1.73. The van der Waals surface area contributed by atoms with E-state index in [1.54, 1.807) is 7.11 Å². The zero-order valence-electron chi connectivity index (χ0n) is 9.76. The maximum absolute atomic E-state index is 5.26. The van der Waals surface area contributed by atoms with Gasteiger partial charge in [-0.1, -0.05) is 11.6 Å². The van der Waals surface area contributed by atoms with E-state index in [1.165, 1.54) is 41.5 Å². The van der Waals surface area contributed by atoms with E-state index in [0.29, 0.717) is 0 Å². The molecule has 0 fully saturated rings. The zero-order valence-corrected chi connectivity index (χ0v) is 9.76. The van der Waals surface area contributed by atoms with E-state index in [2.05, 4.69) is 32.0 Å². The highest BCUT2D eigenvalue weighted by Crippen LogP contribution is 2.34. The predicted octanol–water partition coefficient (Wildman–Crippen LogP) is 3.82. The lowest BCUT2D eigenvalue weighted by molar-refractivity contribution is 0.414. The van der Waals surface area contributed by atoms with Crippen LogP contribution in [0.2, 0.25) is 0 Å². The molecular formula is C14H18O. The first kappa shape index (κ1) is 10.3. The maximum Gasteiger partial charge on any atom is 0.119 e. The number of aryl methyl sites for hydroxylation is 1. The maximum atomic E-state index is 5.26. The van der Waals surface area contributed by atoms with E-state index in [4.69, 9.17) is 4.74 Å². The lowest BCUT2D eigenvalue weighted by Crippen LogP contribution is -2.03. The van der Waals surface area contributed by atoms with Gasteiger partial charge in [-0.2, -0.15) is 0 Å². The van der Waals surface area contributed by atoms with Crippen LogP contribution in [-0.4, -0.2) is 7.11 Å². The Labute approximate surface area is 91.8 Å². The molecule has 15 heavy (non-hydrogen) atoms. The van der Waals surface area contributed by atoms with Gasteiger partial charge in [-0.25, -0.2) is 0 Å². The monoisotopic (exact) mass is 202 g/mol. The van der Waals surface area contributed by atoms with Gasteiger partial charge >= 0.3 is 0 Å². The van der Waals surface area contributed by atoms with Crippen molar-refractivity contribution in [2.24, 2.45) is 0 Å². The average molecular weight is 202 g/mol. The summed E-state index contributed by atoms with van der Waals surface area (Å²) in [4.78, 5) is 0. The molecule has 1 aromatic rings.